The van der Waals surface area contributed by atoms with Gasteiger partial charge >= 0.3 is 11.9 Å². The Kier molecular flexibility index (Phi) is 5.73. The van der Waals surface area contributed by atoms with Gasteiger partial charge < -0.3 is 28.8 Å². The van der Waals surface area contributed by atoms with Gasteiger partial charge in [-0.25, -0.2) is 4.79 Å². The van der Waals surface area contributed by atoms with E-state index in [4.69, 9.17) is 23.7 Å². The van der Waals surface area contributed by atoms with Crippen molar-refractivity contribution in [3.63, 3.8) is 0 Å². The van der Waals surface area contributed by atoms with Crippen LogP contribution in [0, 0.1) is 16.7 Å². The van der Waals surface area contributed by atoms with Crippen molar-refractivity contribution in [2.24, 2.45) is 16.7 Å². The number of aliphatic hydroxyl groups excluding tert-OH is 1. The number of rotatable bonds is 6. The number of hydrogen-bond donors (Lipinski definition) is 1. The number of fused-ring (bicyclic) bond motifs is 2. The first-order valence-corrected chi connectivity index (χ1v) is 13.3. The van der Waals surface area contributed by atoms with Crippen LogP contribution >= 0.6 is 11.8 Å². The molecular weight excluding hydrogens is 472 g/mol. The van der Waals surface area contributed by atoms with Crippen LogP contribution in [0.5, 0.6) is 0 Å². The molecule has 9 atom stereocenters. The molecule has 0 aromatic heterocycles. The minimum atomic E-state index is -1.16. The number of carbonyl (C=O) groups excluding carboxylic acids is 2. The lowest BCUT2D eigenvalue weighted by atomic mass is 9.40. The fourth-order valence-electron chi connectivity index (χ4n) is 8.05. The highest BCUT2D eigenvalue weighted by Gasteiger charge is 2.86. The zero-order chi connectivity index (χ0) is 24.4. The molecule has 6 aliphatic rings. The number of cyclic esters (lactones) is 1. The second-order valence-corrected chi connectivity index (χ2v) is 12.0. The van der Waals surface area contributed by atoms with Gasteiger partial charge in [-0.05, 0) is 50.2 Å². The molecular formula is C26H32O8S. The van der Waals surface area contributed by atoms with E-state index in [9.17, 15) is 14.7 Å². The van der Waals surface area contributed by atoms with E-state index in [1.54, 1.807) is 18.9 Å². The molecule has 8 nitrogen and oxygen atoms in total. The van der Waals surface area contributed by atoms with E-state index in [1.165, 1.54) is 6.92 Å². The smallest absolute Gasteiger partial charge is 0.339 e. The molecule has 4 saturated carbocycles. The van der Waals surface area contributed by atoms with Gasteiger partial charge in [-0.1, -0.05) is 18.2 Å². The van der Waals surface area contributed by atoms with E-state index in [0.717, 1.165) is 17.7 Å². The highest BCUT2D eigenvalue weighted by molar-refractivity contribution is 8.00. The molecule has 4 aliphatic carbocycles. The van der Waals surface area contributed by atoms with Crippen molar-refractivity contribution in [1.29, 1.82) is 0 Å². The summed E-state index contributed by atoms with van der Waals surface area (Å²) in [5, 5.41) is 11.3. The Balaban J connectivity index is 1.48. The second kappa shape index (κ2) is 8.45. The molecule has 4 bridgehead atoms. The van der Waals surface area contributed by atoms with Crippen molar-refractivity contribution in [3.05, 3.63) is 30.3 Å². The zero-order valence-corrected chi connectivity index (χ0v) is 20.8. The van der Waals surface area contributed by atoms with E-state index in [0.29, 0.717) is 19.3 Å². The van der Waals surface area contributed by atoms with Crippen LogP contribution in [0.15, 0.2) is 35.2 Å². The molecule has 2 saturated heterocycles. The van der Waals surface area contributed by atoms with Crippen molar-refractivity contribution in [3.8, 4) is 0 Å². The molecule has 1 aromatic rings. The van der Waals surface area contributed by atoms with Crippen LogP contribution in [0.1, 0.15) is 39.0 Å². The Morgan fingerprint density at radius 1 is 1.26 bits per heavy atom. The van der Waals surface area contributed by atoms with Crippen LogP contribution in [0.25, 0.3) is 0 Å². The van der Waals surface area contributed by atoms with E-state index in [1.807, 2.05) is 30.3 Å². The first-order valence-electron chi connectivity index (χ1n) is 12.4. The Labute approximate surface area is 209 Å². The number of esters is 2. The minimum absolute atomic E-state index is 0.0563. The van der Waals surface area contributed by atoms with Gasteiger partial charge in [-0.3, -0.25) is 4.79 Å². The van der Waals surface area contributed by atoms with E-state index >= 15 is 0 Å². The quantitative estimate of drug-likeness (QED) is 0.463. The summed E-state index contributed by atoms with van der Waals surface area (Å²) in [5.41, 5.74) is -2.68. The van der Waals surface area contributed by atoms with Gasteiger partial charge in [0.25, 0.3) is 0 Å². The number of ether oxygens (including phenoxy) is 5. The van der Waals surface area contributed by atoms with Crippen molar-refractivity contribution in [1.82, 2.24) is 0 Å². The monoisotopic (exact) mass is 504 g/mol. The second-order valence-electron chi connectivity index (χ2n) is 10.7. The van der Waals surface area contributed by atoms with Crippen LogP contribution < -0.4 is 0 Å². The molecule has 0 radical (unpaired) electrons. The number of thioether (sulfide) groups is 1. The van der Waals surface area contributed by atoms with Gasteiger partial charge in [0.15, 0.2) is 5.60 Å². The maximum Gasteiger partial charge on any atom is 0.339 e. The predicted octanol–water partition coefficient (Wildman–Crippen LogP) is 2.70. The summed E-state index contributed by atoms with van der Waals surface area (Å²) >= 11 is 1.60. The predicted molar refractivity (Wildman–Crippen MR) is 124 cm³/mol. The Morgan fingerprint density at radius 3 is 2.80 bits per heavy atom. The third-order valence-electron chi connectivity index (χ3n) is 9.23. The fourth-order valence-corrected chi connectivity index (χ4v) is 9.43. The summed E-state index contributed by atoms with van der Waals surface area (Å²) in [6.45, 7) is 1.65. The molecule has 9 heteroatoms. The number of aliphatic hydroxyl groups is 1. The van der Waals surface area contributed by atoms with E-state index in [-0.39, 0.29) is 42.6 Å². The molecule has 190 valence electrons. The first kappa shape index (κ1) is 23.7. The average molecular weight is 505 g/mol. The summed E-state index contributed by atoms with van der Waals surface area (Å²) in [4.78, 5) is 27.0. The van der Waals surface area contributed by atoms with Crippen molar-refractivity contribution in [2.75, 3.05) is 20.5 Å². The lowest BCUT2D eigenvalue weighted by molar-refractivity contribution is -0.262. The molecule has 1 N–H and O–H groups in total. The third kappa shape index (κ3) is 3.14. The molecule has 2 aliphatic heterocycles. The van der Waals surface area contributed by atoms with Crippen molar-refractivity contribution >= 4 is 23.7 Å². The Bertz CT molecular complexity index is 1000. The van der Waals surface area contributed by atoms with Gasteiger partial charge in [0, 0.05) is 29.6 Å². The van der Waals surface area contributed by atoms with Crippen LogP contribution in [0.4, 0.5) is 0 Å². The molecule has 6 unspecified atom stereocenters. The number of benzene rings is 1. The normalized spacial score (nSPS) is 45.4. The zero-order valence-electron chi connectivity index (χ0n) is 20.0. The fraction of sp³-hybridized carbons (Fsp3) is 0.692. The number of hydrogen-bond acceptors (Lipinski definition) is 9. The molecule has 6 fully saturated rings. The van der Waals surface area contributed by atoms with Gasteiger partial charge in [-0.15, -0.1) is 11.8 Å². The number of carbonyl (C=O) groups is 2. The Morgan fingerprint density at radius 2 is 2.06 bits per heavy atom. The minimum Gasteiger partial charge on any atom is -0.463 e. The summed E-state index contributed by atoms with van der Waals surface area (Å²) < 4.78 is 30.0. The molecule has 0 amide bonds. The highest BCUT2D eigenvalue weighted by atomic mass is 32.2. The van der Waals surface area contributed by atoms with Crippen molar-refractivity contribution < 1.29 is 38.4 Å². The average Bonchev–Trinajstić information content (AvgIpc) is 3.04. The summed E-state index contributed by atoms with van der Waals surface area (Å²) in [5.74, 6) is -0.609. The standard InChI is InChI=1S/C26H32O8S/c1-15(27)33-22-20(35-17-6-4-3-5-7-17)10-18(28)21-25(22)13-31-23(29)26(34-21)11-16-8-9-24(25,26)12-19(16)32-14-30-2/h3-7,16,18-22,28H,8-14H2,1-2H3/t16?,18?,19?,20?,21-,22+,24?,25?,26-/m0/s1. The van der Waals surface area contributed by atoms with E-state index in [2.05, 4.69) is 0 Å². The van der Waals surface area contributed by atoms with Crippen molar-refractivity contribution in [2.45, 2.75) is 79.2 Å². The topological polar surface area (TPSA) is 101 Å². The maximum absolute atomic E-state index is 13.5. The Hall–Kier alpha value is -1.65. The van der Waals surface area contributed by atoms with Gasteiger partial charge in [0.2, 0.25) is 0 Å². The maximum atomic E-state index is 13.5. The first-order chi connectivity index (χ1) is 16.9. The SMILES string of the molecule is COCOC1CC23CCC1C[C@@]21O[C@H]2C(O)CC(Sc4ccccc4)[C@@H](OC(C)=O)C23COC1=O. The summed E-state index contributed by atoms with van der Waals surface area (Å²) in [6.07, 6.45) is 0.901. The van der Waals surface area contributed by atoms with Crippen LogP contribution in [-0.4, -0.2) is 72.8 Å². The lowest BCUT2D eigenvalue weighted by Crippen LogP contribution is -2.75. The molecule has 7 rings (SSSR count). The van der Waals surface area contributed by atoms with Gasteiger partial charge in [0.1, 0.15) is 19.5 Å². The molecule has 35 heavy (non-hydrogen) atoms. The third-order valence-corrected chi connectivity index (χ3v) is 10.5. The van der Waals surface area contributed by atoms with Gasteiger partial charge in [0.05, 0.1) is 23.7 Å². The van der Waals surface area contributed by atoms with Crippen LogP contribution in [-0.2, 0) is 33.3 Å². The summed E-state index contributed by atoms with van der Waals surface area (Å²) in [6, 6.07) is 9.92. The largest absolute Gasteiger partial charge is 0.463 e. The number of methoxy groups -OCH3 is 1. The molecule has 2 heterocycles. The summed E-state index contributed by atoms with van der Waals surface area (Å²) in [7, 11) is 1.60. The molecule has 2 spiro atoms. The van der Waals surface area contributed by atoms with Crippen LogP contribution in [0.3, 0.4) is 0 Å². The highest BCUT2D eigenvalue weighted by Crippen LogP contribution is 2.76. The molecule has 1 aromatic carbocycles. The van der Waals surface area contributed by atoms with E-state index < -0.39 is 34.7 Å². The lowest BCUT2D eigenvalue weighted by Gasteiger charge is -2.65. The van der Waals surface area contributed by atoms with Crippen LogP contribution in [0.2, 0.25) is 0 Å². The van der Waals surface area contributed by atoms with Gasteiger partial charge in [-0.2, -0.15) is 0 Å².